The normalized spacial score (nSPS) is 12.5. The fourth-order valence-corrected chi connectivity index (χ4v) is 4.48. The molecule has 1 atom stereocenters. The number of hydrogen-bond acceptors (Lipinski definition) is 4. The summed E-state index contributed by atoms with van der Waals surface area (Å²) in [7, 11) is -3.74. The van der Waals surface area contributed by atoms with Gasteiger partial charge in [-0.1, -0.05) is 55.8 Å². The van der Waals surface area contributed by atoms with E-state index < -0.39 is 28.5 Å². The second-order valence-corrected chi connectivity index (χ2v) is 11.3. The molecule has 2 rings (SSSR count). The largest absolute Gasteiger partial charge is 0.352 e. The standard InChI is InChI=1S/C26H37N3O4S/c1-18(2)23-11-13-24(14-12-23)29(34(7,32)33)17-25(30)28(21(6)26(31)27-19(3)4)16-22-10-8-9-20(5)15-22/h8-15,18-19,21H,16-17H2,1-7H3,(H,27,31). The molecule has 0 saturated carbocycles. The number of sulfonamides is 1. The number of hydrogen-bond donors (Lipinski definition) is 1. The second kappa shape index (κ2) is 11.5. The van der Waals surface area contributed by atoms with Gasteiger partial charge >= 0.3 is 0 Å². The van der Waals surface area contributed by atoms with Crippen molar-refractivity contribution in [3.63, 3.8) is 0 Å². The van der Waals surface area contributed by atoms with Crippen LogP contribution in [0.5, 0.6) is 0 Å². The molecule has 34 heavy (non-hydrogen) atoms. The van der Waals surface area contributed by atoms with Gasteiger partial charge in [-0.3, -0.25) is 13.9 Å². The highest BCUT2D eigenvalue weighted by Crippen LogP contribution is 2.23. The molecule has 7 nitrogen and oxygen atoms in total. The van der Waals surface area contributed by atoms with Gasteiger partial charge in [0.15, 0.2) is 0 Å². The summed E-state index contributed by atoms with van der Waals surface area (Å²) in [4.78, 5) is 27.7. The molecule has 0 aliphatic carbocycles. The molecule has 0 fully saturated rings. The molecule has 8 heteroatoms. The average molecular weight is 488 g/mol. The lowest BCUT2D eigenvalue weighted by atomic mass is 10.0. The summed E-state index contributed by atoms with van der Waals surface area (Å²) in [5.41, 5.74) is 3.38. The third kappa shape index (κ3) is 7.58. The Hall–Kier alpha value is -2.87. The molecule has 0 spiro atoms. The number of nitrogens with zero attached hydrogens (tertiary/aromatic N) is 2. The monoisotopic (exact) mass is 487 g/mol. The highest BCUT2D eigenvalue weighted by molar-refractivity contribution is 7.92. The Labute approximate surface area is 204 Å². The zero-order valence-corrected chi connectivity index (χ0v) is 22.0. The van der Waals surface area contributed by atoms with Gasteiger partial charge in [0.2, 0.25) is 21.8 Å². The Morgan fingerprint density at radius 3 is 2.09 bits per heavy atom. The molecular weight excluding hydrogens is 450 g/mol. The predicted molar refractivity (Wildman–Crippen MR) is 137 cm³/mol. The first-order chi connectivity index (χ1) is 15.8. The molecule has 0 heterocycles. The van der Waals surface area contributed by atoms with Crippen molar-refractivity contribution >= 4 is 27.5 Å². The van der Waals surface area contributed by atoms with Crippen molar-refractivity contribution in [1.82, 2.24) is 10.2 Å². The van der Waals surface area contributed by atoms with Gasteiger partial charge in [0, 0.05) is 12.6 Å². The maximum atomic E-state index is 13.5. The first-order valence-electron chi connectivity index (χ1n) is 11.5. The van der Waals surface area contributed by atoms with Crippen molar-refractivity contribution < 1.29 is 18.0 Å². The van der Waals surface area contributed by atoms with Crippen molar-refractivity contribution in [3.05, 3.63) is 65.2 Å². The number of nitrogens with one attached hydrogen (secondary N) is 1. The van der Waals surface area contributed by atoms with Crippen LogP contribution in [-0.2, 0) is 26.2 Å². The van der Waals surface area contributed by atoms with E-state index in [1.807, 2.05) is 57.2 Å². The van der Waals surface area contributed by atoms with Gasteiger partial charge in [0.05, 0.1) is 11.9 Å². The van der Waals surface area contributed by atoms with Crippen LogP contribution in [0.2, 0.25) is 0 Å². The molecular formula is C26H37N3O4S. The van der Waals surface area contributed by atoms with Crippen LogP contribution < -0.4 is 9.62 Å². The lowest BCUT2D eigenvalue weighted by molar-refractivity contribution is -0.139. The first-order valence-corrected chi connectivity index (χ1v) is 13.4. The molecule has 0 bridgehead atoms. The highest BCUT2D eigenvalue weighted by Gasteiger charge is 2.30. The van der Waals surface area contributed by atoms with E-state index in [0.29, 0.717) is 11.6 Å². The molecule has 2 amide bonds. The Morgan fingerprint density at radius 2 is 1.59 bits per heavy atom. The van der Waals surface area contributed by atoms with E-state index in [1.165, 1.54) is 4.90 Å². The Morgan fingerprint density at radius 1 is 0.971 bits per heavy atom. The van der Waals surface area contributed by atoms with E-state index in [0.717, 1.165) is 27.3 Å². The summed E-state index contributed by atoms with van der Waals surface area (Å²) in [6, 6.07) is 14.0. The fraction of sp³-hybridized carbons (Fsp3) is 0.462. The predicted octanol–water partition coefficient (Wildman–Crippen LogP) is 3.83. The van der Waals surface area contributed by atoms with E-state index in [1.54, 1.807) is 19.1 Å². The quantitative estimate of drug-likeness (QED) is 0.552. The van der Waals surface area contributed by atoms with E-state index in [4.69, 9.17) is 0 Å². The van der Waals surface area contributed by atoms with E-state index in [-0.39, 0.29) is 18.5 Å². The number of anilines is 1. The molecule has 0 aromatic heterocycles. The summed E-state index contributed by atoms with van der Waals surface area (Å²) >= 11 is 0. The maximum absolute atomic E-state index is 13.5. The number of benzene rings is 2. The number of carbonyl (C=O) groups excluding carboxylic acids is 2. The summed E-state index contributed by atoms with van der Waals surface area (Å²) in [6.07, 6.45) is 1.08. The third-order valence-corrected chi connectivity index (χ3v) is 6.70. The molecule has 186 valence electrons. The van der Waals surface area contributed by atoms with Crippen LogP contribution in [0.1, 0.15) is 57.2 Å². The van der Waals surface area contributed by atoms with Crippen molar-refractivity contribution in [2.24, 2.45) is 0 Å². The van der Waals surface area contributed by atoms with Crippen LogP contribution in [0.25, 0.3) is 0 Å². The lowest BCUT2D eigenvalue weighted by Gasteiger charge is -2.32. The van der Waals surface area contributed by atoms with Gasteiger partial charge in [-0.25, -0.2) is 8.42 Å². The second-order valence-electron chi connectivity index (χ2n) is 9.37. The smallest absolute Gasteiger partial charge is 0.244 e. The molecule has 0 radical (unpaired) electrons. The number of aryl methyl sites for hydroxylation is 1. The van der Waals surface area contributed by atoms with E-state index in [2.05, 4.69) is 19.2 Å². The zero-order valence-electron chi connectivity index (χ0n) is 21.2. The van der Waals surface area contributed by atoms with Crippen LogP contribution >= 0.6 is 0 Å². The van der Waals surface area contributed by atoms with Crippen LogP contribution in [0.3, 0.4) is 0 Å². The van der Waals surface area contributed by atoms with Crippen molar-refractivity contribution in [3.8, 4) is 0 Å². The SMILES string of the molecule is Cc1cccc(CN(C(=O)CN(c2ccc(C(C)C)cc2)S(C)(=O)=O)C(C)C(=O)NC(C)C)c1. The zero-order chi connectivity index (χ0) is 25.6. The summed E-state index contributed by atoms with van der Waals surface area (Å²) < 4.78 is 26.4. The minimum Gasteiger partial charge on any atom is -0.352 e. The number of rotatable bonds is 10. The minimum absolute atomic E-state index is 0.0853. The van der Waals surface area contributed by atoms with Crippen LogP contribution in [0.15, 0.2) is 48.5 Å². The fourth-order valence-electron chi connectivity index (χ4n) is 3.63. The summed E-state index contributed by atoms with van der Waals surface area (Å²) in [5, 5.41) is 2.84. The average Bonchev–Trinajstić information content (AvgIpc) is 2.74. The molecule has 0 saturated heterocycles. The molecule has 1 N–H and O–H groups in total. The molecule has 0 aliphatic heterocycles. The van der Waals surface area contributed by atoms with Crippen molar-refractivity contribution in [1.29, 1.82) is 0 Å². The van der Waals surface area contributed by atoms with Crippen molar-refractivity contribution in [2.45, 2.75) is 66.1 Å². The Balaban J connectivity index is 2.38. The van der Waals surface area contributed by atoms with Gasteiger partial charge in [0.1, 0.15) is 12.6 Å². The third-order valence-electron chi connectivity index (χ3n) is 5.56. The Bertz CT molecular complexity index is 1100. The van der Waals surface area contributed by atoms with Gasteiger partial charge < -0.3 is 10.2 Å². The summed E-state index contributed by atoms with van der Waals surface area (Å²) in [5.74, 6) is -0.443. The van der Waals surface area contributed by atoms with Gasteiger partial charge in [-0.05, 0) is 56.9 Å². The van der Waals surface area contributed by atoms with Gasteiger partial charge in [-0.15, -0.1) is 0 Å². The molecule has 1 unspecified atom stereocenters. The maximum Gasteiger partial charge on any atom is 0.244 e. The van der Waals surface area contributed by atoms with Crippen LogP contribution in [-0.4, -0.2) is 50.0 Å². The lowest BCUT2D eigenvalue weighted by Crippen LogP contribution is -2.52. The van der Waals surface area contributed by atoms with Crippen molar-refractivity contribution in [2.75, 3.05) is 17.1 Å². The van der Waals surface area contributed by atoms with Gasteiger partial charge in [-0.2, -0.15) is 0 Å². The van der Waals surface area contributed by atoms with Crippen LogP contribution in [0, 0.1) is 6.92 Å². The van der Waals surface area contributed by atoms with E-state index in [9.17, 15) is 18.0 Å². The number of carbonyl (C=O) groups is 2. The minimum atomic E-state index is -3.74. The Kier molecular flexibility index (Phi) is 9.27. The highest BCUT2D eigenvalue weighted by atomic mass is 32.2. The molecule has 2 aromatic rings. The topological polar surface area (TPSA) is 86.8 Å². The molecule has 2 aromatic carbocycles. The van der Waals surface area contributed by atoms with Gasteiger partial charge in [0.25, 0.3) is 0 Å². The molecule has 0 aliphatic rings. The first kappa shape index (κ1) is 27.4. The summed E-state index contributed by atoms with van der Waals surface area (Å²) in [6.45, 7) is 11.2. The van der Waals surface area contributed by atoms with E-state index >= 15 is 0 Å². The number of amides is 2. The van der Waals surface area contributed by atoms with Crippen LogP contribution in [0.4, 0.5) is 5.69 Å².